The van der Waals surface area contributed by atoms with E-state index < -0.39 is 12.1 Å². The summed E-state index contributed by atoms with van der Waals surface area (Å²) >= 11 is 0. The van der Waals surface area contributed by atoms with Crippen LogP contribution in [0.15, 0.2) is 6.07 Å². The van der Waals surface area contributed by atoms with Gasteiger partial charge in [0.05, 0.1) is 18.2 Å². The van der Waals surface area contributed by atoms with Crippen LogP contribution in [0.3, 0.4) is 0 Å². The zero-order valence-corrected chi connectivity index (χ0v) is 27.8. The third kappa shape index (κ3) is 4.07. The minimum absolute atomic E-state index is 0. The van der Waals surface area contributed by atoms with Gasteiger partial charge in [0.2, 0.25) is 12.7 Å². The molecule has 1 fully saturated rings. The number of carbonyl (C=O) groups is 1. The fourth-order valence-electron chi connectivity index (χ4n) is 7.24. The van der Waals surface area contributed by atoms with Crippen molar-refractivity contribution in [3.05, 3.63) is 45.0 Å². The second-order valence-electron chi connectivity index (χ2n) is 11.0. The number of carbonyl (C=O) groups excluding carboxylic acids is 1. The van der Waals surface area contributed by atoms with Crippen LogP contribution in [0.4, 0.5) is 0 Å². The van der Waals surface area contributed by atoms with E-state index in [1.807, 2.05) is 27.8 Å². The zero-order chi connectivity index (χ0) is 27.0. The largest absolute Gasteiger partial charge is 0.507 e. The van der Waals surface area contributed by atoms with Gasteiger partial charge in [-0.05, 0) is 57.4 Å². The van der Waals surface area contributed by atoms with E-state index in [4.69, 9.17) is 9.47 Å². The summed E-state index contributed by atoms with van der Waals surface area (Å²) in [6, 6.07) is 3.32. The number of fused-ring (bicyclic) bond motifs is 9. The van der Waals surface area contributed by atoms with E-state index >= 15 is 0 Å². The number of hydrogen-bond donors (Lipinski definition) is 3. The predicted octanol–water partition coefficient (Wildman–Crippen LogP) is 3.05. The number of nitrogens with one attached hydrogen (secondary N) is 1. The number of piperazine rings is 1. The number of phenolic OH excluding ortho intramolecular Hbond substituents is 2. The Morgan fingerprint density at radius 2 is 1.82 bits per heavy atom. The van der Waals surface area contributed by atoms with Crippen molar-refractivity contribution in [1.82, 2.24) is 15.1 Å². The first-order chi connectivity index (χ1) is 18.2. The minimum Gasteiger partial charge on any atom is -0.507 e. The molecule has 10 heteroatoms. The van der Waals surface area contributed by atoms with Gasteiger partial charge in [-0.15, -0.1) is 0 Å². The topological polar surface area (TPSA) is 118 Å². The molecule has 2 bridgehead atoms. The van der Waals surface area contributed by atoms with Crippen LogP contribution in [0.25, 0.3) is 0 Å². The van der Waals surface area contributed by atoms with Crippen LogP contribution in [0.1, 0.15) is 64.4 Å². The van der Waals surface area contributed by atoms with Gasteiger partial charge in [0.15, 0.2) is 11.5 Å². The Morgan fingerprint density at radius 1 is 1.10 bits per heavy atom. The number of rotatable bonds is 3. The number of aromatic hydroxyl groups is 2. The first kappa shape index (κ1) is 28.5. The Bertz CT molecular complexity index is 1410. The molecule has 0 spiro atoms. The summed E-state index contributed by atoms with van der Waals surface area (Å²) in [6.45, 7) is 7.88. The zero-order valence-electron chi connectivity index (χ0n) is 23.0. The van der Waals surface area contributed by atoms with Crippen LogP contribution in [-0.4, -0.2) is 64.4 Å². The van der Waals surface area contributed by atoms with Crippen LogP contribution in [-0.2, 0) is 17.6 Å². The Labute approximate surface area is 264 Å². The van der Waals surface area contributed by atoms with Crippen molar-refractivity contribution in [1.29, 1.82) is 5.26 Å². The minimum atomic E-state index is -0.476. The van der Waals surface area contributed by atoms with Crippen LogP contribution in [0.2, 0.25) is 0 Å². The van der Waals surface area contributed by atoms with Crippen molar-refractivity contribution >= 4 is 5.91 Å². The summed E-state index contributed by atoms with van der Waals surface area (Å²) in [5.41, 5.74) is 6.02. The maximum Gasteiger partial charge on any atom is 0.231 e. The van der Waals surface area contributed by atoms with Crippen LogP contribution >= 0.6 is 0 Å². The number of benzene rings is 2. The van der Waals surface area contributed by atoms with Crippen LogP contribution in [0, 0.1) is 76.2 Å². The van der Waals surface area contributed by atoms with E-state index in [0.717, 1.165) is 33.4 Å². The van der Waals surface area contributed by atoms with E-state index in [1.54, 1.807) is 6.92 Å². The number of aryl methyl sites for hydroxylation is 1. The van der Waals surface area contributed by atoms with Crippen LogP contribution < -0.4 is 14.8 Å². The maximum atomic E-state index is 12.4. The molecule has 1 unspecified atom stereocenters. The average molecular weight is 746 g/mol. The van der Waals surface area contributed by atoms with Gasteiger partial charge in [0.1, 0.15) is 17.5 Å². The molecule has 5 atom stereocenters. The number of phenols is 2. The van der Waals surface area contributed by atoms with E-state index in [1.165, 1.54) is 0 Å². The second kappa shape index (κ2) is 10.4. The number of ether oxygens (including phenoxy) is 2. The smallest absolute Gasteiger partial charge is 0.231 e. The summed E-state index contributed by atoms with van der Waals surface area (Å²) in [5, 5.41) is 36.4. The third-order valence-electron chi connectivity index (χ3n) is 9.27. The van der Waals surface area contributed by atoms with Gasteiger partial charge in [-0.1, -0.05) is 13.0 Å². The summed E-state index contributed by atoms with van der Waals surface area (Å²) in [4.78, 5) is 16.9. The van der Waals surface area contributed by atoms with E-state index in [9.17, 15) is 20.3 Å². The normalized spacial score (nSPS) is 26.5. The molecule has 4 aliphatic rings. The molecule has 0 aliphatic carbocycles. The predicted molar refractivity (Wildman–Crippen MR) is 139 cm³/mol. The van der Waals surface area contributed by atoms with E-state index in [-0.39, 0.29) is 87.2 Å². The number of likely N-dealkylation sites (N-methyl/N-ethyl adjacent to an activating group) is 1. The van der Waals surface area contributed by atoms with Crippen molar-refractivity contribution in [3.8, 4) is 29.1 Å². The molecule has 39 heavy (non-hydrogen) atoms. The molecule has 3 N–H and O–H groups in total. The molecule has 203 valence electrons. The fourth-order valence-corrected chi connectivity index (χ4v) is 7.24. The maximum absolute atomic E-state index is 12.4. The van der Waals surface area contributed by atoms with Crippen molar-refractivity contribution in [3.63, 3.8) is 0 Å². The van der Waals surface area contributed by atoms with Gasteiger partial charge >= 0.3 is 0 Å². The standard InChI is InChI=1S/C29H34N4O5.Ac/c1-6-22(34)31-11-21-24-17(26(35)15(4)28-29(24)38-12-37-28)9-19-25-23-16(7-13(2)14(3)27(23)36)8-18(32(25)5)20(10-30)33(19)21;/h7,18-21,25,35-36H,6,8-9,11-12H2,1-5H3,(H,31,34);/t18-,19?,20-,21-,25-;/m0./s1. The Morgan fingerprint density at radius 3 is 2.51 bits per heavy atom. The van der Waals surface area contributed by atoms with Gasteiger partial charge in [-0.2, -0.15) is 5.26 Å². The van der Waals surface area contributed by atoms with Crippen molar-refractivity contribution in [2.24, 2.45) is 0 Å². The van der Waals surface area contributed by atoms with E-state index in [2.05, 4.69) is 27.3 Å². The molecule has 1 amide bonds. The number of hydrogen-bond acceptors (Lipinski definition) is 8. The van der Waals surface area contributed by atoms with Gasteiger partial charge in [0.25, 0.3) is 0 Å². The Hall–Kier alpha value is -2.04. The molecule has 2 aromatic rings. The number of nitriles is 1. The van der Waals surface area contributed by atoms with E-state index in [0.29, 0.717) is 42.1 Å². The van der Waals surface area contributed by atoms with Crippen molar-refractivity contribution in [2.45, 2.75) is 77.2 Å². The molecule has 0 saturated carbocycles. The summed E-state index contributed by atoms with van der Waals surface area (Å²) < 4.78 is 11.7. The average Bonchev–Trinajstić information content (AvgIpc) is 3.39. The van der Waals surface area contributed by atoms with Gasteiger partial charge in [0, 0.05) is 91.4 Å². The number of nitrogens with zero attached hydrogens (tertiary/aromatic N) is 3. The Kier molecular flexibility index (Phi) is 7.61. The molecule has 4 heterocycles. The second-order valence-corrected chi connectivity index (χ2v) is 11.0. The molecule has 0 aromatic heterocycles. The summed E-state index contributed by atoms with van der Waals surface area (Å²) in [5.74, 6) is 1.48. The Balaban J connectivity index is 0.00000308. The van der Waals surface area contributed by atoms with Crippen LogP contribution in [0.5, 0.6) is 23.0 Å². The quantitative estimate of drug-likeness (QED) is 0.440. The first-order valence-electron chi connectivity index (χ1n) is 13.3. The summed E-state index contributed by atoms with van der Waals surface area (Å²) in [7, 11) is 2.03. The fraction of sp³-hybridized carbons (Fsp3) is 0.517. The molecule has 2 aromatic carbocycles. The summed E-state index contributed by atoms with van der Waals surface area (Å²) in [6.07, 6.45) is 1.44. The molecule has 4 aliphatic heterocycles. The van der Waals surface area contributed by atoms with Crippen molar-refractivity contribution in [2.75, 3.05) is 20.4 Å². The van der Waals surface area contributed by atoms with Gasteiger partial charge in [-0.25, -0.2) is 0 Å². The van der Waals surface area contributed by atoms with Gasteiger partial charge in [-0.3, -0.25) is 14.6 Å². The molecule has 1 saturated heterocycles. The third-order valence-corrected chi connectivity index (χ3v) is 9.27. The molecule has 1 radical (unpaired) electrons. The first-order valence-corrected chi connectivity index (χ1v) is 13.3. The van der Waals surface area contributed by atoms with Crippen molar-refractivity contribution < 1.29 is 68.5 Å². The molecule has 6 rings (SSSR count). The molecular formula is C29H34AcN4O5. The number of amides is 1. The monoisotopic (exact) mass is 745 g/mol. The van der Waals surface area contributed by atoms with Gasteiger partial charge < -0.3 is 25.0 Å². The SMILES string of the molecule is CCC(=O)NC[C@H]1c2c(c(O)c(C)c3c2OCO3)CC2[C@H]3c4c(cc(C)c(C)c4O)C[C@@H]([C@H](C#N)N21)N3C.[Ac]. The molecule has 9 nitrogen and oxygen atoms in total. The molecular weight excluding hydrogens is 711 g/mol.